The minimum Gasteiger partial charge on any atom is -0.485 e. The van der Waals surface area contributed by atoms with Gasteiger partial charge in [0, 0.05) is 5.38 Å². The number of allylic oxidation sites excluding steroid dienone is 2. The largest absolute Gasteiger partial charge is 0.485 e. The Bertz CT molecular complexity index is 594. The molecule has 17 heavy (non-hydrogen) atoms. The summed E-state index contributed by atoms with van der Waals surface area (Å²) in [7, 11) is 0. The van der Waals surface area contributed by atoms with Crippen molar-refractivity contribution in [3.05, 3.63) is 15.8 Å². The summed E-state index contributed by atoms with van der Waals surface area (Å²) in [5.74, 6) is 1.00. The number of rotatable bonds is 1. The Hall–Kier alpha value is -2.49. The molecular formula is C11H5N3O2S. The van der Waals surface area contributed by atoms with E-state index in [9.17, 15) is 0 Å². The molecule has 0 atom stereocenters. The van der Waals surface area contributed by atoms with E-state index in [0.717, 1.165) is 0 Å². The third-order valence-electron chi connectivity index (χ3n) is 2.11. The molecule has 0 radical (unpaired) electrons. The van der Waals surface area contributed by atoms with Gasteiger partial charge in [-0.1, -0.05) is 0 Å². The molecule has 0 saturated carbocycles. The topological polar surface area (TPSA) is 89.8 Å². The number of ether oxygens (including phenoxy) is 2. The summed E-state index contributed by atoms with van der Waals surface area (Å²) in [6, 6.07) is 5.27. The van der Waals surface area contributed by atoms with Gasteiger partial charge in [0.1, 0.15) is 42.6 Å². The SMILES string of the molecule is N#CC(C#N)=C(C#N)c1scc2c1OCCO2. The van der Waals surface area contributed by atoms with Gasteiger partial charge in [-0.05, 0) is 0 Å². The molecule has 6 heteroatoms. The zero-order valence-corrected chi connectivity index (χ0v) is 9.37. The van der Waals surface area contributed by atoms with E-state index in [4.69, 9.17) is 25.3 Å². The molecule has 0 amide bonds. The average Bonchev–Trinajstić information content (AvgIpc) is 2.79. The third kappa shape index (κ3) is 1.80. The van der Waals surface area contributed by atoms with E-state index in [1.165, 1.54) is 11.3 Å². The first-order valence-corrected chi connectivity index (χ1v) is 5.51. The number of nitriles is 3. The molecule has 1 aliphatic rings. The lowest BCUT2D eigenvalue weighted by molar-refractivity contribution is 0.173. The van der Waals surface area contributed by atoms with Gasteiger partial charge in [0.15, 0.2) is 11.5 Å². The van der Waals surface area contributed by atoms with Crippen LogP contribution in [0.1, 0.15) is 4.88 Å². The van der Waals surface area contributed by atoms with Crippen LogP contribution < -0.4 is 9.47 Å². The van der Waals surface area contributed by atoms with Gasteiger partial charge in [-0.25, -0.2) is 0 Å². The lowest BCUT2D eigenvalue weighted by atomic mass is 10.1. The van der Waals surface area contributed by atoms with Gasteiger partial charge in [0.05, 0.1) is 4.88 Å². The van der Waals surface area contributed by atoms with Crippen molar-refractivity contribution >= 4 is 16.9 Å². The maximum atomic E-state index is 9.03. The lowest BCUT2D eigenvalue weighted by Gasteiger charge is -2.15. The summed E-state index contributed by atoms with van der Waals surface area (Å²) in [5.41, 5.74) is -0.182. The second-order valence-electron chi connectivity index (χ2n) is 3.04. The zero-order valence-electron chi connectivity index (χ0n) is 8.56. The standard InChI is InChI=1S/C11H5N3O2S/c12-3-7(4-13)8(5-14)11-10-9(6-17-11)15-1-2-16-10/h6H,1-2H2. The maximum absolute atomic E-state index is 9.03. The monoisotopic (exact) mass is 243 g/mol. The van der Waals surface area contributed by atoms with Gasteiger partial charge in [0.25, 0.3) is 0 Å². The van der Waals surface area contributed by atoms with Crippen molar-refractivity contribution in [2.24, 2.45) is 0 Å². The first kappa shape index (κ1) is 11.0. The van der Waals surface area contributed by atoms with Gasteiger partial charge in [0.2, 0.25) is 0 Å². The van der Waals surface area contributed by atoms with Crippen LogP contribution in [0.2, 0.25) is 0 Å². The highest BCUT2D eigenvalue weighted by Crippen LogP contribution is 2.43. The molecule has 0 fully saturated rings. The van der Waals surface area contributed by atoms with E-state index < -0.39 is 0 Å². The quantitative estimate of drug-likeness (QED) is 0.702. The number of hydrogen-bond donors (Lipinski definition) is 0. The third-order valence-corrected chi connectivity index (χ3v) is 3.07. The highest BCUT2D eigenvalue weighted by molar-refractivity contribution is 7.12. The van der Waals surface area contributed by atoms with E-state index in [0.29, 0.717) is 29.6 Å². The molecule has 1 aliphatic heterocycles. The minimum atomic E-state index is -0.216. The van der Waals surface area contributed by atoms with Crippen LogP contribution in [0.15, 0.2) is 11.0 Å². The Labute approximate surface area is 101 Å². The predicted molar refractivity (Wildman–Crippen MR) is 59.1 cm³/mol. The summed E-state index contributed by atoms with van der Waals surface area (Å²) in [4.78, 5) is 0.473. The van der Waals surface area contributed by atoms with Crippen LogP contribution >= 0.6 is 11.3 Å². The number of nitrogens with zero attached hydrogens (tertiary/aromatic N) is 3. The fourth-order valence-electron chi connectivity index (χ4n) is 1.39. The van der Waals surface area contributed by atoms with Crippen molar-refractivity contribution in [3.8, 4) is 29.7 Å². The predicted octanol–water partition coefficient (Wildman–Crippen LogP) is 1.84. The molecule has 2 rings (SSSR count). The molecule has 1 aromatic heterocycles. The number of thiophene rings is 1. The highest BCUT2D eigenvalue weighted by atomic mass is 32.1. The Kier molecular flexibility index (Phi) is 2.96. The van der Waals surface area contributed by atoms with Gasteiger partial charge < -0.3 is 9.47 Å². The second kappa shape index (κ2) is 4.57. The lowest BCUT2D eigenvalue weighted by Crippen LogP contribution is -2.14. The fourth-order valence-corrected chi connectivity index (χ4v) is 2.32. The molecule has 0 bridgehead atoms. The van der Waals surface area contributed by atoms with Crippen molar-refractivity contribution in [2.75, 3.05) is 13.2 Å². The van der Waals surface area contributed by atoms with Gasteiger partial charge in [-0.2, -0.15) is 15.8 Å². The van der Waals surface area contributed by atoms with Crippen LogP contribution in [0.4, 0.5) is 0 Å². The van der Waals surface area contributed by atoms with E-state index in [1.54, 1.807) is 17.5 Å². The smallest absolute Gasteiger partial charge is 0.180 e. The van der Waals surface area contributed by atoms with Crippen molar-refractivity contribution in [1.82, 2.24) is 0 Å². The summed E-state index contributed by atoms with van der Waals surface area (Å²) >= 11 is 1.22. The van der Waals surface area contributed by atoms with Crippen LogP contribution in [0.25, 0.3) is 5.57 Å². The molecule has 0 aromatic carbocycles. The number of hydrogen-bond acceptors (Lipinski definition) is 6. The van der Waals surface area contributed by atoms with Crippen LogP contribution in [0, 0.1) is 34.0 Å². The van der Waals surface area contributed by atoms with E-state index >= 15 is 0 Å². The summed E-state index contributed by atoms with van der Waals surface area (Å²) in [5, 5.41) is 28.3. The Morgan fingerprint density at radius 1 is 1.12 bits per heavy atom. The van der Waals surface area contributed by atoms with Crippen molar-refractivity contribution in [2.45, 2.75) is 0 Å². The first-order chi connectivity index (χ1) is 8.31. The summed E-state index contributed by atoms with van der Waals surface area (Å²) < 4.78 is 10.7. The van der Waals surface area contributed by atoms with Crippen LogP contribution in [-0.2, 0) is 0 Å². The van der Waals surface area contributed by atoms with Crippen molar-refractivity contribution in [3.63, 3.8) is 0 Å². The molecule has 5 nitrogen and oxygen atoms in total. The molecule has 2 heterocycles. The van der Waals surface area contributed by atoms with E-state index in [-0.39, 0.29) is 11.1 Å². The zero-order chi connectivity index (χ0) is 12.3. The van der Waals surface area contributed by atoms with Gasteiger partial charge in [-0.15, -0.1) is 11.3 Å². The molecule has 0 saturated heterocycles. The van der Waals surface area contributed by atoms with E-state index in [2.05, 4.69) is 0 Å². The fraction of sp³-hybridized carbons (Fsp3) is 0.182. The molecule has 0 N–H and O–H groups in total. The summed E-state index contributed by atoms with van der Waals surface area (Å²) in [6.07, 6.45) is 0. The second-order valence-corrected chi connectivity index (χ2v) is 3.92. The Morgan fingerprint density at radius 3 is 2.47 bits per heavy atom. The Balaban J connectivity index is 2.59. The molecule has 0 unspecified atom stereocenters. The maximum Gasteiger partial charge on any atom is 0.180 e. The van der Waals surface area contributed by atoms with Crippen LogP contribution in [-0.4, -0.2) is 13.2 Å². The van der Waals surface area contributed by atoms with Crippen LogP contribution in [0.3, 0.4) is 0 Å². The van der Waals surface area contributed by atoms with Crippen LogP contribution in [0.5, 0.6) is 11.5 Å². The van der Waals surface area contributed by atoms with Gasteiger partial charge >= 0.3 is 0 Å². The molecule has 1 aromatic rings. The molecule has 82 valence electrons. The van der Waals surface area contributed by atoms with Crippen molar-refractivity contribution in [1.29, 1.82) is 15.8 Å². The summed E-state index contributed by atoms with van der Waals surface area (Å²) in [6.45, 7) is 0.849. The average molecular weight is 243 g/mol. The highest BCUT2D eigenvalue weighted by Gasteiger charge is 2.23. The van der Waals surface area contributed by atoms with Gasteiger partial charge in [-0.3, -0.25) is 0 Å². The normalized spacial score (nSPS) is 11.8. The Morgan fingerprint density at radius 2 is 1.82 bits per heavy atom. The number of fused-ring (bicyclic) bond motifs is 1. The first-order valence-electron chi connectivity index (χ1n) is 4.63. The molecule has 0 aliphatic carbocycles. The molecule has 0 spiro atoms. The molecular weight excluding hydrogens is 238 g/mol. The minimum absolute atomic E-state index is 0.0340. The van der Waals surface area contributed by atoms with E-state index in [1.807, 2.05) is 6.07 Å². The van der Waals surface area contributed by atoms with Crippen molar-refractivity contribution < 1.29 is 9.47 Å².